The van der Waals surface area contributed by atoms with Crippen molar-refractivity contribution in [3.63, 3.8) is 0 Å². The maximum absolute atomic E-state index is 5.92. The first-order valence-electron chi connectivity index (χ1n) is 5.55. The van der Waals surface area contributed by atoms with Gasteiger partial charge in [-0.25, -0.2) is 0 Å². The third kappa shape index (κ3) is 4.23. The molecule has 6 heteroatoms. The Labute approximate surface area is 116 Å². The molecule has 0 saturated carbocycles. The minimum absolute atomic E-state index is 0.711. The van der Waals surface area contributed by atoms with E-state index in [1.165, 1.54) is 10.4 Å². The molecule has 0 amide bonds. The third-order valence-corrected chi connectivity index (χ3v) is 4.19. The van der Waals surface area contributed by atoms with Gasteiger partial charge in [-0.1, -0.05) is 23.2 Å². The highest BCUT2D eigenvalue weighted by molar-refractivity contribution is 7.09. The molecule has 0 aromatic carbocycles. The number of hydrogen-bond donors (Lipinski definition) is 0. The first kappa shape index (κ1) is 13.3. The van der Waals surface area contributed by atoms with Crippen LogP contribution in [0.3, 0.4) is 0 Å². The molecular weight excluding hydrogens is 277 g/mol. The summed E-state index contributed by atoms with van der Waals surface area (Å²) in [7, 11) is 0. The second-order valence-corrected chi connectivity index (χ2v) is 5.75. The van der Waals surface area contributed by atoms with Gasteiger partial charge >= 0.3 is 0 Å². The third-order valence-electron chi connectivity index (χ3n) is 2.82. The summed E-state index contributed by atoms with van der Waals surface area (Å²) < 4.78 is 0. The Bertz CT molecular complexity index is 359. The summed E-state index contributed by atoms with van der Waals surface area (Å²) in [6.07, 6.45) is 1.95. The largest absolute Gasteiger partial charge is 0.296 e. The van der Waals surface area contributed by atoms with Crippen molar-refractivity contribution in [2.45, 2.75) is 6.54 Å². The van der Waals surface area contributed by atoms with Gasteiger partial charge in [0.15, 0.2) is 0 Å². The van der Waals surface area contributed by atoms with Crippen molar-refractivity contribution in [2.75, 3.05) is 32.7 Å². The highest BCUT2D eigenvalue weighted by Gasteiger charge is 2.17. The fourth-order valence-electron chi connectivity index (χ4n) is 1.89. The number of rotatable bonds is 4. The second-order valence-electron chi connectivity index (χ2n) is 4.08. The van der Waals surface area contributed by atoms with Crippen LogP contribution in [-0.4, -0.2) is 47.5 Å². The lowest BCUT2D eigenvalue weighted by Gasteiger charge is -2.34. The summed E-state index contributed by atoms with van der Waals surface area (Å²) in [5.74, 6) is 0. The molecule has 2 heterocycles. The van der Waals surface area contributed by atoms with E-state index < -0.39 is 0 Å². The summed E-state index contributed by atoms with van der Waals surface area (Å²) in [6.45, 7) is 6.01. The Balaban J connectivity index is 1.74. The topological polar surface area (TPSA) is 19.4 Å². The van der Waals surface area contributed by atoms with Gasteiger partial charge in [-0.3, -0.25) is 14.8 Å². The van der Waals surface area contributed by atoms with Crippen LogP contribution in [0.2, 0.25) is 0 Å². The van der Waals surface area contributed by atoms with E-state index in [4.69, 9.17) is 23.2 Å². The normalized spacial score (nSPS) is 19.8. The highest BCUT2D eigenvalue weighted by atomic mass is 35.5. The maximum atomic E-state index is 5.92. The van der Waals surface area contributed by atoms with Crippen molar-refractivity contribution < 1.29 is 0 Å². The SMILES string of the molecule is Cl/C=C(\Cl)CN1CCN(Cc2cncs2)CC1. The molecule has 0 N–H and O–H groups in total. The summed E-state index contributed by atoms with van der Waals surface area (Å²) in [5.41, 5.74) is 3.34. The van der Waals surface area contributed by atoms with Crippen LogP contribution in [0, 0.1) is 0 Å². The van der Waals surface area contributed by atoms with Crippen LogP contribution in [0.15, 0.2) is 22.3 Å². The molecule has 0 atom stereocenters. The molecule has 3 nitrogen and oxygen atoms in total. The summed E-state index contributed by atoms with van der Waals surface area (Å²) in [6, 6.07) is 0. The smallest absolute Gasteiger partial charge is 0.0794 e. The molecule has 0 radical (unpaired) electrons. The molecule has 1 fully saturated rings. The van der Waals surface area contributed by atoms with E-state index in [0.717, 1.165) is 39.3 Å². The maximum Gasteiger partial charge on any atom is 0.0794 e. The molecule has 2 rings (SSSR count). The van der Waals surface area contributed by atoms with E-state index >= 15 is 0 Å². The number of halogens is 2. The number of aromatic nitrogens is 1. The molecule has 1 saturated heterocycles. The molecule has 1 aliphatic rings. The van der Waals surface area contributed by atoms with Crippen molar-refractivity contribution in [1.82, 2.24) is 14.8 Å². The van der Waals surface area contributed by atoms with Gasteiger partial charge in [0.25, 0.3) is 0 Å². The van der Waals surface area contributed by atoms with Gasteiger partial charge in [-0.2, -0.15) is 0 Å². The molecule has 1 aromatic rings. The Hall–Kier alpha value is -0.130. The van der Waals surface area contributed by atoms with Crippen molar-refractivity contribution in [3.05, 3.63) is 27.2 Å². The van der Waals surface area contributed by atoms with Gasteiger partial charge in [0.05, 0.1) is 5.51 Å². The molecule has 1 aromatic heterocycles. The van der Waals surface area contributed by atoms with Crippen LogP contribution in [0.1, 0.15) is 4.88 Å². The highest BCUT2D eigenvalue weighted by Crippen LogP contribution is 2.13. The Morgan fingerprint density at radius 2 is 2.06 bits per heavy atom. The lowest BCUT2D eigenvalue weighted by atomic mass is 10.3. The second kappa shape index (κ2) is 6.71. The zero-order valence-electron chi connectivity index (χ0n) is 9.48. The lowest BCUT2D eigenvalue weighted by Crippen LogP contribution is -2.46. The van der Waals surface area contributed by atoms with E-state index in [0.29, 0.717) is 5.03 Å². The van der Waals surface area contributed by atoms with Gasteiger partial charge in [-0.05, 0) is 0 Å². The zero-order valence-corrected chi connectivity index (χ0v) is 11.8. The van der Waals surface area contributed by atoms with Gasteiger partial charge in [0, 0.05) is 60.9 Å². The molecular formula is C11H15Cl2N3S. The van der Waals surface area contributed by atoms with Gasteiger partial charge in [0.2, 0.25) is 0 Å². The Morgan fingerprint density at radius 1 is 1.35 bits per heavy atom. The predicted octanol–water partition coefficient (Wildman–Crippen LogP) is 2.58. The predicted molar refractivity (Wildman–Crippen MR) is 73.6 cm³/mol. The minimum atomic E-state index is 0.711. The zero-order chi connectivity index (χ0) is 12.1. The van der Waals surface area contributed by atoms with Crippen molar-refractivity contribution in [1.29, 1.82) is 0 Å². The first-order chi connectivity index (χ1) is 8.28. The van der Waals surface area contributed by atoms with Crippen LogP contribution < -0.4 is 0 Å². The molecule has 0 bridgehead atoms. The van der Waals surface area contributed by atoms with E-state index in [1.54, 1.807) is 11.3 Å². The fraction of sp³-hybridized carbons (Fsp3) is 0.545. The van der Waals surface area contributed by atoms with Gasteiger partial charge < -0.3 is 0 Å². The van der Waals surface area contributed by atoms with Crippen LogP contribution in [0.5, 0.6) is 0 Å². The van der Waals surface area contributed by atoms with E-state index in [-0.39, 0.29) is 0 Å². The van der Waals surface area contributed by atoms with Gasteiger partial charge in [-0.15, -0.1) is 11.3 Å². The lowest BCUT2D eigenvalue weighted by molar-refractivity contribution is 0.137. The van der Waals surface area contributed by atoms with Crippen molar-refractivity contribution >= 4 is 34.5 Å². The van der Waals surface area contributed by atoms with Crippen molar-refractivity contribution in [2.24, 2.45) is 0 Å². The van der Waals surface area contributed by atoms with E-state index in [1.807, 2.05) is 11.7 Å². The summed E-state index contributed by atoms with van der Waals surface area (Å²) in [4.78, 5) is 10.2. The van der Waals surface area contributed by atoms with E-state index in [2.05, 4.69) is 14.8 Å². The number of hydrogen-bond acceptors (Lipinski definition) is 4. The monoisotopic (exact) mass is 291 g/mol. The first-order valence-corrected chi connectivity index (χ1v) is 7.24. The summed E-state index contributed by atoms with van der Waals surface area (Å²) in [5, 5.41) is 0.711. The van der Waals surface area contributed by atoms with E-state index in [9.17, 15) is 0 Å². The average molecular weight is 292 g/mol. The minimum Gasteiger partial charge on any atom is -0.296 e. The molecule has 0 spiro atoms. The van der Waals surface area contributed by atoms with Crippen LogP contribution >= 0.6 is 34.5 Å². The molecule has 1 aliphatic heterocycles. The van der Waals surface area contributed by atoms with Gasteiger partial charge in [0.1, 0.15) is 0 Å². The molecule has 17 heavy (non-hydrogen) atoms. The number of thiazole rings is 1. The molecule has 0 aliphatic carbocycles. The quantitative estimate of drug-likeness (QED) is 0.850. The standard InChI is InChI=1S/C11H15Cl2N3S/c12-5-10(13)7-15-1-3-16(4-2-15)8-11-6-14-9-17-11/h5-6,9H,1-4,7-8H2/b10-5-. The van der Waals surface area contributed by atoms with Crippen molar-refractivity contribution in [3.8, 4) is 0 Å². The number of piperazine rings is 1. The molecule has 94 valence electrons. The average Bonchev–Trinajstić information content (AvgIpc) is 2.84. The van der Waals surface area contributed by atoms with Crippen LogP contribution in [0.25, 0.3) is 0 Å². The van der Waals surface area contributed by atoms with Crippen LogP contribution in [0.4, 0.5) is 0 Å². The molecule has 0 unspecified atom stereocenters. The fourth-order valence-corrected chi connectivity index (χ4v) is 2.77. The Morgan fingerprint density at radius 3 is 2.65 bits per heavy atom. The Kier molecular flexibility index (Phi) is 5.25. The number of nitrogens with zero attached hydrogens (tertiary/aromatic N) is 3. The van der Waals surface area contributed by atoms with Crippen LogP contribution in [-0.2, 0) is 6.54 Å². The summed E-state index contributed by atoms with van der Waals surface area (Å²) >= 11 is 13.2.